The van der Waals surface area contributed by atoms with Crippen LogP contribution in [-0.4, -0.2) is 33.9 Å². The molecule has 2 unspecified atom stereocenters. The highest BCUT2D eigenvalue weighted by molar-refractivity contribution is 5.80. The first-order valence-electron chi connectivity index (χ1n) is 12.0. The van der Waals surface area contributed by atoms with Gasteiger partial charge in [-0.25, -0.2) is 4.79 Å². The normalized spacial score (nSPS) is 47.9. The summed E-state index contributed by atoms with van der Waals surface area (Å²) in [5.41, 5.74) is -0.959. The number of hydrogen-bond donors (Lipinski definition) is 2. The average Bonchev–Trinajstić information content (AvgIpc) is 2.98. The molecule has 0 amide bonds. The minimum atomic E-state index is -1.01. The van der Waals surface area contributed by atoms with Crippen molar-refractivity contribution in [2.45, 2.75) is 96.7 Å². The van der Waals surface area contributed by atoms with E-state index in [4.69, 9.17) is 9.84 Å². The number of carbonyl (C=O) groups is 2. The van der Waals surface area contributed by atoms with E-state index in [0.29, 0.717) is 36.5 Å². The predicted octanol–water partition coefficient (Wildman–Crippen LogP) is 4.72. The molecule has 4 saturated carbocycles. The summed E-state index contributed by atoms with van der Waals surface area (Å²) in [5.74, 6) is 1.25. The van der Waals surface area contributed by atoms with Crippen LogP contribution < -0.4 is 0 Å². The van der Waals surface area contributed by atoms with E-state index in [-0.39, 0.29) is 22.9 Å². The fourth-order valence-corrected chi connectivity index (χ4v) is 8.13. The number of aliphatic hydroxyl groups is 1. The Morgan fingerprint density at radius 3 is 2.47 bits per heavy atom. The van der Waals surface area contributed by atoms with Gasteiger partial charge in [-0.1, -0.05) is 20.8 Å². The van der Waals surface area contributed by atoms with Crippen molar-refractivity contribution in [2.75, 3.05) is 0 Å². The van der Waals surface area contributed by atoms with E-state index in [9.17, 15) is 14.7 Å². The van der Waals surface area contributed by atoms with E-state index in [1.165, 1.54) is 12.8 Å². The first-order valence-corrected chi connectivity index (χ1v) is 12.0. The maximum Gasteiger partial charge on any atom is 0.328 e. The summed E-state index contributed by atoms with van der Waals surface area (Å²) in [4.78, 5) is 22.9. The molecule has 0 radical (unpaired) electrons. The second-order valence-electron chi connectivity index (χ2n) is 11.0. The first-order chi connectivity index (χ1) is 14.1. The van der Waals surface area contributed by atoms with Gasteiger partial charge in [-0.05, 0) is 93.0 Å². The molecule has 4 fully saturated rings. The van der Waals surface area contributed by atoms with E-state index < -0.39 is 11.6 Å². The van der Waals surface area contributed by atoms with E-state index >= 15 is 0 Å². The summed E-state index contributed by atoms with van der Waals surface area (Å²) < 4.78 is 5.70. The number of carbonyl (C=O) groups excluding carboxylic acids is 1. The molecular weight excluding hydrogens is 380 g/mol. The number of esters is 1. The molecule has 4 aliphatic rings. The van der Waals surface area contributed by atoms with Crippen molar-refractivity contribution in [1.82, 2.24) is 0 Å². The Labute approximate surface area is 180 Å². The van der Waals surface area contributed by atoms with Gasteiger partial charge in [0.25, 0.3) is 0 Å². The molecule has 0 aromatic carbocycles. The molecule has 4 rings (SSSR count). The van der Waals surface area contributed by atoms with Crippen molar-refractivity contribution in [3.05, 3.63) is 12.2 Å². The summed E-state index contributed by atoms with van der Waals surface area (Å²) in [7, 11) is 0. The standard InChI is InChI=1S/C25H38O5/c1-4-22(28)30-17-7-11-23(2)16(15-17)5-6-18-19(23)8-12-24(3)20(18)9-13-25(24,29)14-10-21(26)27/h10,14,16-20,29H,4-9,11-13,15H2,1-3H3,(H,26,27)/t16?,17?,18-,19+,20+,23+,24+,25+/m1/s1. The zero-order chi connectivity index (χ0) is 21.7. The molecule has 30 heavy (non-hydrogen) atoms. The maximum atomic E-state index is 11.8. The lowest BCUT2D eigenvalue weighted by Gasteiger charge is -2.61. The van der Waals surface area contributed by atoms with E-state index in [1.54, 1.807) is 6.08 Å². The van der Waals surface area contributed by atoms with Gasteiger partial charge in [0.15, 0.2) is 0 Å². The molecule has 0 heterocycles. The molecule has 5 nitrogen and oxygen atoms in total. The summed E-state index contributed by atoms with van der Waals surface area (Å²) in [6.07, 6.45) is 12.4. The number of aliphatic carboxylic acids is 1. The highest BCUT2D eigenvalue weighted by Crippen LogP contribution is 2.68. The van der Waals surface area contributed by atoms with Crippen LogP contribution >= 0.6 is 0 Å². The van der Waals surface area contributed by atoms with E-state index in [0.717, 1.165) is 44.6 Å². The van der Waals surface area contributed by atoms with Crippen LogP contribution in [0.25, 0.3) is 0 Å². The monoisotopic (exact) mass is 418 g/mol. The quantitative estimate of drug-likeness (QED) is 0.510. The van der Waals surface area contributed by atoms with Crippen LogP contribution in [0.5, 0.6) is 0 Å². The molecule has 5 heteroatoms. The third-order valence-corrected chi connectivity index (χ3v) is 9.92. The van der Waals surface area contributed by atoms with Gasteiger partial charge >= 0.3 is 11.9 Å². The van der Waals surface area contributed by atoms with Crippen LogP contribution in [-0.2, 0) is 14.3 Å². The molecule has 0 saturated heterocycles. The molecule has 0 aromatic rings. The number of fused-ring (bicyclic) bond motifs is 5. The number of carboxylic acid groups (broad SMARTS) is 1. The van der Waals surface area contributed by atoms with Gasteiger partial charge in [0, 0.05) is 17.9 Å². The third kappa shape index (κ3) is 3.32. The molecular formula is C25H38O5. The van der Waals surface area contributed by atoms with Gasteiger partial charge in [-0.15, -0.1) is 0 Å². The molecule has 0 bridgehead atoms. The van der Waals surface area contributed by atoms with Gasteiger partial charge in [0.05, 0.1) is 5.60 Å². The Morgan fingerprint density at radius 1 is 1.03 bits per heavy atom. The molecule has 8 atom stereocenters. The minimum Gasteiger partial charge on any atom is -0.478 e. The van der Waals surface area contributed by atoms with E-state index in [2.05, 4.69) is 13.8 Å². The summed E-state index contributed by atoms with van der Waals surface area (Å²) >= 11 is 0. The average molecular weight is 419 g/mol. The smallest absolute Gasteiger partial charge is 0.328 e. The third-order valence-electron chi connectivity index (χ3n) is 9.92. The summed E-state index contributed by atoms with van der Waals surface area (Å²) in [6.45, 7) is 6.52. The van der Waals surface area contributed by atoms with Crippen molar-refractivity contribution >= 4 is 11.9 Å². The van der Waals surface area contributed by atoms with Gasteiger partial charge in [-0.3, -0.25) is 4.79 Å². The largest absolute Gasteiger partial charge is 0.478 e. The fraction of sp³-hybridized carbons (Fsp3) is 0.840. The Morgan fingerprint density at radius 2 is 1.77 bits per heavy atom. The lowest BCUT2D eigenvalue weighted by molar-refractivity contribution is -0.166. The second-order valence-corrected chi connectivity index (χ2v) is 11.0. The number of rotatable bonds is 4. The van der Waals surface area contributed by atoms with Crippen molar-refractivity contribution in [1.29, 1.82) is 0 Å². The van der Waals surface area contributed by atoms with Gasteiger partial charge < -0.3 is 14.9 Å². The highest BCUT2D eigenvalue weighted by atomic mass is 16.5. The zero-order valence-corrected chi connectivity index (χ0v) is 18.7. The molecule has 4 aliphatic carbocycles. The fourth-order valence-electron chi connectivity index (χ4n) is 8.13. The minimum absolute atomic E-state index is 0.0784. The van der Waals surface area contributed by atoms with Gasteiger partial charge in [0.1, 0.15) is 6.10 Å². The Bertz CT molecular complexity index is 731. The second kappa shape index (κ2) is 7.65. The molecule has 0 aromatic heterocycles. The summed E-state index contributed by atoms with van der Waals surface area (Å²) in [6, 6.07) is 0. The lowest BCUT2D eigenvalue weighted by Crippen LogP contribution is -2.56. The molecule has 0 aliphatic heterocycles. The predicted molar refractivity (Wildman–Crippen MR) is 114 cm³/mol. The molecule has 2 N–H and O–H groups in total. The molecule has 168 valence electrons. The Kier molecular flexibility index (Phi) is 5.57. The van der Waals surface area contributed by atoms with Crippen LogP contribution in [0.2, 0.25) is 0 Å². The topological polar surface area (TPSA) is 83.8 Å². The zero-order valence-electron chi connectivity index (χ0n) is 18.7. The molecule has 0 spiro atoms. The van der Waals surface area contributed by atoms with Crippen LogP contribution in [0.15, 0.2) is 12.2 Å². The lowest BCUT2D eigenvalue weighted by atomic mass is 9.44. The first kappa shape index (κ1) is 21.9. The SMILES string of the molecule is CCC(=O)OC1CC[C@@]2(C)C(CC[C@@H]3[C@@H]2CC[C@@]2(C)[C@H]3CC[C@]2(O)C=CC(=O)O)C1. The number of hydrogen-bond acceptors (Lipinski definition) is 4. The Balaban J connectivity index is 1.52. The van der Waals surface area contributed by atoms with Crippen molar-refractivity contribution in [3.8, 4) is 0 Å². The Hall–Kier alpha value is -1.36. The van der Waals surface area contributed by atoms with E-state index in [1.807, 2.05) is 6.92 Å². The maximum absolute atomic E-state index is 11.8. The van der Waals surface area contributed by atoms with Gasteiger partial charge in [0.2, 0.25) is 0 Å². The van der Waals surface area contributed by atoms with Gasteiger partial charge in [-0.2, -0.15) is 0 Å². The van der Waals surface area contributed by atoms with Crippen molar-refractivity contribution in [2.24, 2.45) is 34.5 Å². The van der Waals surface area contributed by atoms with Crippen LogP contribution in [0.3, 0.4) is 0 Å². The van der Waals surface area contributed by atoms with Crippen molar-refractivity contribution in [3.63, 3.8) is 0 Å². The van der Waals surface area contributed by atoms with Crippen LogP contribution in [0, 0.1) is 34.5 Å². The summed E-state index contributed by atoms with van der Waals surface area (Å²) in [5, 5.41) is 20.5. The van der Waals surface area contributed by atoms with Crippen molar-refractivity contribution < 1.29 is 24.5 Å². The van der Waals surface area contributed by atoms with Crippen LogP contribution in [0.4, 0.5) is 0 Å². The number of carboxylic acids is 1. The number of ether oxygens (including phenoxy) is 1. The van der Waals surface area contributed by atoms with Crippen LogP contribution in [0.1, 0.15) is 85.0 Å². The highest BCUT2D eigenvalue weighted by Gasteiger charge is 2.64.